The smallest absolute Gasteiger partial charge is 0.266 e. The first-order chi connectivity index (χ1) is 12.9. The van der Waals surface area contributed by atoms with Crippen LogP contribution in [-0.2, 0) is 4.79 Å². The van der Waals surface area contributed by atoms with E-state index >= 15 is 0 Å². The van der Waals surface area contributed by atoms with Crippen LogP contribution in [-0.4, -0.2) is 29.6 Å². The van der Waals surface area contributed by atoms with Crippen LogP contribution < -0.4 is 4.74 Å². The summed E-state index contributed by atoms with van der Waals surface area (Å²) in [7, 11) is 1.60. The Balaban J connectivity index is 2.03. The van der Waals surface area contributed by atoms with Crippen LogP contribution in [0.5, 0.6) is 5.75 Å². The maximum absolute atomic E-state index is 12.9. The van der Waals surface area contributed by atoms with Gasteiger partial charge >= 0.3 is 0 Å². The molecule has 0 N–H and O–H groups in total. The number of amides is 1. The van der Waals surface area contributed by atoms with Crippen LogP contribution in [0.25, 0.3) is 6.08 Å². The number of halogens is 1. The van der Waals surface area contributed by atoms with Crippen molar-refractivity contribution in [1.82, 2.24) is 4.90 Å². The lowest BCUT2D eigenvalue weighted by Gasteiger charge is -2.13. The predicted molar refractivity (Wildman–Crippen MR) is 114 cm³/mol. The van der Waals surface area contributed by atoms with E-state index in [2.05, 4.69) is 0 Å². The summed E-state index contributed by atoms with van der Waals surface area (Å²) in [5, 5.41) is 1.28. The number of aliphatic imine (C=N–C) groups is 1. The zero-order valence-corrected chi connectivity index (χ0v) is 17.3. The number of hydrogen-bond donors (Lipinski definition) is 0. The van der Waals surface area contributed by atoms with Gasteiger partial charge in [0.1, 0.15) is 5.75 Å². The lowest BCUT2D eigenvalue weighted by Crippen LogP contribution is -2.28. The molecule has 1 amide bonds. The number of thioether (sulfide) groups is 1. The molecule has 1 saturated heterocycles. The van der Waals surface area contributed by atoms with Crippen LogP contribution in [0.3, 0.4) is 0 Å². The van der Waals surface area contributed by atoms with E-state index in [0.29, 0.717) is 27.4 Å². The Morgan fingerprint density at radius 1 is 1.22 bits per heavy atom. The van der Waals surface area contributed by atoms with Gasteiger partial charge in [-0.25, -0.2) is 4.99 Å². The number of methoxy groups -OCH3 is 1. The molecule has 1 aliphatic heterocycles. The second kappa shape index (κ2) is 8.19. The molecule has 1 fully saturated rings. The first-order valence-corrected chi connectivity index (χ1v) is 9.84. The second-order valence-electron chi connectivity index (χ2n) is 6.18. The quantitative estimate of drug-likeness (QED) is 0.628. The summed E-state index contributed by atoms with van der Waals surface area (Å²) >= 11 is 7.48. The Hall–Kier alpha value is -2.24. The van der Waals surface area contributed by atoms with Crippen LogP contribution >= 0.6 is 23.4 Å². The number of ether oxygens (including phenoxy) is 1. The Bertz CT molecular complexity index is 933. The van der Waals surface area contributed by atoms with Crippen molar-refractivity contribution in [3.63, 3.8) is 0 Å². The molecule has 0 atom stereocenters. The highest BCUT2D eigenvalue weighted by Crippen LogP contribution is 2.37. The lowest BCUT2D eigenvalue weighted by atomic mass is 10.1. The predicted octanol–water partition coefficient (Wildman–Crippen LogP) is 5.59. The number of para-hydroxylation sites is 1. The third kappa shape index (κ3) is 4.04. The summed E-state index contributed by atoms with van der Waals surface area (Å²) < 4.78 is 5.39. The Morgan fingerprint density at radius 3 is 2.56 bits per heavy atom. The molecular weight excluding hydrogens is 380 g/mol. The van der Waals surface area contributed by atoms with E-state index in [4.69, 9.17) is 21.3 Å². The van der Waals surface area contributed by atoms with Gasteiger partial charge in [-0.1, -0.05) is 29.8 Å². The van der Waals surface area contributed by atoms with Gasteiger partial charge in [-0.2, -0.15) is 0 Å². The number of nitrogens with zero attached hydrogens (tertiary/aromatic N) is 2. The molecule has 3 rings (SSSR count). The van der Waals surface area contributed by atoms with E-state index in [1.807, 2.05) is 45.0 Å². The number of hydrogen-bond acceptors (Lipinski definition) is 4. The molecule has 140 valence electrons. The van der Waals surface area contributed by atoms with Gasteiger partial charge in [0.05, 0.1) is 17.7 Å². The summed E-state index contributed by atoms with van der Waals surface area (Å²) in [5.74, 6) is 0.609. The minimum Gasteiger partial charge on any atom is -0.496 e. The van der Waals surface area contributed by atoms with Crippen LogP contribution in [0, 0.1) is 13.8 Å². The normalized spacial score (nSPS) is 17.2. The van der Waals surface area contributed by atoms with Gasteiger partial charge in [-0.15, -0.1) is 0 Å². The number of carbonyl (C=O) groups excluding carboxylic acids is 1. The zero-order valence-electron chi connectivity index (χ0n) is 15.7. The van der Waals surface area contributed by atoms with Crippen LogP contribution in [0.1, 0.15) is 23.6 Å². The highest BCUT2D eigenvalue weighted by Gasteiger charge is 2.32. The van der Waals surface area contributed by atoms with Gasteiger partial charge in [-0.3, -0.25) is 9.69 Å². The SMILES string of the molecule is CCN1C(=O)/C(=C\c2cc(Cl)ccc2OC)SC1=Nc1c(C)cccc1C. The molecule has 0 bridgehead atoms. The molecule has 2 aromatic carbocycles. The minimum atomic E-state index is -0.0606. The monoisotopic (exact) mass is 400 g/mol. The van der Waals surface area contributed by atoms with Gasteiger partial charge in [0.2, 0.25) is 0 Å². The van der Waals surface area contributed by atoms with Crippen LogP contribution in [0.2, 0.25) is 5.02 Å². The van der Waals surface area contributed by atoms with Gasteiger partial charge in [0, 0.05) is 17.1 Å². The number of likely N-dealkylation sites (N-methyl/N-ethyl adjacent to an activating group) is 1. The molecule has 0 unspecified atom stereocenters. The highest BCUT2D eigenvalue weighted by atomic mass is 35.5. The average molecular weight is 401 g/mol. The van der Waals surface area contributed by atoms with Crippen molar-refractivity contribution in [3.8, 4) is 5.75 Å². The molecule has 0 saturated carbocycles. The van der Waals surface area contributed by atoms with Crippen molar-refractivity contribution in [2.24, 2.45) is 4.99 Å². The molecule has 0 spiro atoms. The summed E-state index contributed by atoms with van der Waals surface area (Å²) in [6.45, 7) is 6.55. The van der Waals surface area contributed by atoms with Crippen molar-refractivity contribution in [2.45, 2.75) is 20.8 Å². The van der Waals surface area contributed by atoms with E-state index < -0.39 is 0 Å². The van der Waals surface area contributed by atoms with Crippen molar-refractivity contribution < 1.29 is 9.53 Å². The molecule has 4 nitrogen and oxygen atoms in total. The van der Waals surface area contributed by atoms with Crippen molar-refractivity contribution in [1.29, 1.82) is 0 Å². The number of benzene rings is 2. The number of amidine groups is 1. The molecular formula is C21H21ClN2O2S. The summed E-state index contributed by atoms with van der Waals surface area (Å²) in [5.41, 5.74) is 3.85. The van der Waals surface area contributed by atoms with Gasteiger partial charge < -0.3 is 4.74 Å². The lowest BCUT2D eigenvalue weighted by molar-refractivity contribution is -0.122. The van der Waals surface area contributed by atoms with Crippen molar-refractivity contribution >= 4 is 46.2 Å². The Kier molecular flexibility index (Phi) is 5.92. The largest absolute Gasteiger partial charge is 0.496 e. The van der Waals surface area contributed by atoms with E-state index in [1.54, 1.807) is 30.2 Å². The first kappa shape index (κ1) is 19.5. The molecule has 0 radical (unpaired) electrons. The number of aryl methyl sites for hydroxylation is 2. The highest BCUT2D eigenvalue weighted by molar-refractivity contribution is 8.18. The topological polar surface area (TPSA) is 41.9 Å². The molecule has 2 aromatic rings. The van der Waals surface area contributed by atoms with Crippen molar-refractivity contribution in [2.75, 3.05) is 13.7 Å². The third-order valence-electron chi connectivity index (χ3n) is 4.33. The maximum atomic E-state index is 12.9. The second-order valence-corrected chi connectivity index (χ2v) is 7.63. The van der Waals surface area contributed by atoms with Gasteiger partial charge in [0.15, 0.2) is 5.17 Å². The molecule has 27 heavy (non-hydrogen) atoms. The van der Waals surface area contributed by atoms with E-state index in [-0.39, 0.29) is 5.91 Å². The Labute approximate surface area is 168 Å². The summed E-state index contributed by atoms with van der Waals surface area (Å²) in [6, 6.07) is 11.4. The van der Waals surface area contributed by atoms with E-state index in [9.17, 15) is 4.79 Å². The fourth-order valence-electron chi connectivity index (χ4n) is 2.91. The average Bonchev–Trinajstić information content (AvgIpc) is 2.93. The fourth-order valence-corrected chi connectivity index (χ4v) is 4.13. The molecule has 1 aliphatic rings. The number of rotatable bonds is 4. The molecule has 6 heteroatoms. The number of carbonyl (C=O) groups is 1. The summed E-state index contributed by atoms with van der Waals surface area (Å²) in [4.78, 5) is 20.0. The van der Waals surface area contributed by atoms with Crippen molar-refractivity contribution in [3.05, 3.63) is 63.0 Å². The van der Waals surface area contributed by atoms with Crippen LogP contribution in [0.4, 0.5) is 5.69 Å². The van der Waals surface area contributed by atoms with E-state index in [1.165, 1.54) is 11.8 Å². The van der Waals surface area contributed by atoms with Crippen LogP contribution in [0.15, 0.2) is 46.3 Å². The molecule has 1 heterocycles. The Morgan fingerprint density at radius 2 is 1.93 bits per heavy atom. The van der Waals surface area contributed by atoms with Gasteiger partial charge in [-0.05, 0) is 67.9 Å². The van der Waals surface area contributed by atoms with E-state index in [0.717, 1.165) is 22.4 Å². The molecule has 0 aliphatic carbocycles. The summed E-state index contributed by atoms with van der Waals surface area (Å²) in [6.07, 6.45) is 1.81. The fraction of sp³-hybridized carbons (Fsp3) is 0.238. The maximum Gasteiger partial charge on any atom is 0.266 e. The zero-order chi connectivity index (χ0) is 19.6. The molecule has 0 aromatic heterocycles. The van der Waals surface area contributed by atoms with Gasteiger partial charge in [0.25, 0.3) is 5.91 Å². The third-order valence-corrected chi connectivity index (χ3v) is 5.57. The standard InChI is InChI=1S/C21H21ClN2O2S/c1-5-24-20(25)18(12-15-11-16(22)9-10-17(15)26-4)27-21(24)23-19-13(2)7-6-8-14(19)3/h6-12H,5H2,1-4H3/b18-12+,23-21?. The first-order valence-electron chi connectivity index (χ1n) is 8.64. The minimum absolute atomic E-state index is 0.0606.